The molecule has 0 saturated carbocycles. The Morgan fingerprint density at radius 3 is 2.32 bits per heavy atom. The van der Waals surface area contributed by atoms with E-state index in [1.165, 1.54) is 11.9 Å². The van der Waals surface area contributed by atoms with Gasteiger partial charge in [-0.05, 0) is 66.5 Å². The maximum Gasteiger partial charge on any atom is 0.255 e. The van der Waals surface area contributed by atoms with Crippen molar-refractivity contribution in [2.24, 2.45) is 0 Å². The Balaban J connectivity index is 1.60. The van der Waals surface area contributed by atoms with Crippen LogP contribution in [0.5, 0.6) is 0 Å². The van der Waals surface area contributed by atoms with E-state index in [-0.39, 0.29) is 5.91 Å². The highest BCUT2D eigenvalue weighted by Gasteiger charge is 2.08. The molecule has 0 aliphatic heterocycles. The Labute approximate surface area is 156 Å². The van der Waals surface area contributed by atoms with E-state index >= 15 is 0 Å². The Morgan fingerprint density at radius 1 is 0.920 bits per heavy atom. The Bertz CT molecular complexity index is 868. The standard InChI is InChI=1S/C19H17N3OS2/c20-17-12-13(6-11-18(17)24)19(23)21-14-7-9-16(10-8-14)25-22-15-4-2-1-3-5-15/h1-12,22,24H,20H2,(H,21,23). The number of hydrogen-bond acceptors (Lipinski definition) is 5. The van der Waals surface area contributed by atoms with E-state index in [1.807, 2.05) is 54.6 Å². The molecule has 0 aliphatic rings. The number of carbonyl (C=O) groups excluding carboxylic acids is 1. The summed E-state index contributed by atoms with van der Waals surface area (Å²) in [5.74, 6) is -0.206. The van der Waals surface area contributed by atoms with Crippen LogP contribution in [0.4, 0.5) is 17.1 Å². The smallest absolute Gasteiger partial charge is 0.255 e. The Morgan fingerprint density at radius 2 is 1.64 bits per heavy atom. The number of nitrogens with one attached hydrogen (secondary N) is 2. The zero-order valence-corrected chi connectivity index (χ0v) is 15.0. The zero-order chi connectivity index (χ0) is 17.6. The number of nitrogens with two attached hydrogens (primary N) is 1. The summed E-state index contributed by atoms with van der Waals surface area (Å²) in [6.07, 6.45) is 0. The van der Waals surface area contributed by atoms with Crippen molar-refractivity contribution in [2.45, 2.75) is 9.79 Å². The molecule has 6 heteroatoms. The molecule has 1 amide bonds. The van der Waals surface area contributed by atoms with Crippen LogP contribution in [0.3, 0.4) is 0 Å². The molecule has 0 spiro atoms. The average Bonchev–Trinajstić information content (AvgIpc) is 2.64. The number of anilines is 3. The number of hydrogen-bond donors (Lipinski definition) is 4. The molecule has 0 saturated heterocycles. The van der Waals surface area contributed by atoms with Crippen molar-refractivity contribution in [3.8, 4) is 0 Å². The van der Waals surface area contributed by atoms with E-state index in [0.29, 0.717) is 16.1 Å². The summed E-state index contributed by atoms with van der Waals surface area (Å²) in [6, 6.07) is 22.6. The molecule has 0 aromatic heterocycles. The van der Waals surface area contributed by atoms with Crippen molar-refractivity contribution in [3.05, 3.63) is 78.4 Å². The van der Waals surface area contributed by atoms with Crippen molar-refractivity contribution in [3.63, 3.8) is 0 Å². The van der Waals surface area contributed by atoms with E-state index in [9.17, 15) is 4.79 Å². The molecule has 0 unspecified atom stereocenters. The lowest BCUT2D eigenvalue weighted by Crippen LogP contribution is -2.12. The van der Waals surface area contributed by atoms with E-state index in [1.54, 1.807) is 18.2 Å². The van der Waals surface area contributed by atoms with Crippen LogP contribution in [0.1, 0.15) is 10.4 Å². The molecular weight excluding hydrogens is 350 g/mol. The van der Waals surface area contributed by atoms with Crippen LogP contribution in [0.15, 0.2) is 82.6 Å². The third kappa shape index (κ3) is 4.71. The predicted octanol–water partition coefficient (Wildman–Crippen LogP) is 4.93. The first-order valence-corrected chi connectivity index (χ1v) is 8.86. The highest BCUT2D eigenvalue weighted by atomic mass is 32.2. The molecule has 0 atom stereocenters. The minimum absolute atomic E-state index is 0.206. The maximum atomic E-state index is 12.3. The number of nitrogen functional groups attached to an aromatic ring is 1. The van der Waals surface area contributed by atoms with Gasteiger partial charge in [-0.2, -0.15) is 0 Å². The van der Waals surface area contributed by atoms with E-state index in [0.717, 1.165) is 16.3 Å². The number of rotatable bonds is 5. The largest absolute Gasteiger partial charge is 0.398 e. The Hall–Kier alpha value is -2.57. The van der Waals surface area contributed by atoms with E-state index in [4.69, 9.17) is 5.73 Å². The van der Waals surface area contributed by atoms with Crippen LogP contribution in [0, 0.1) is 0 Å². The van der Waals surface area contributed by atoms with Gasteiger partial charge in [-0.1, -0.05) is 18.2 Å². The molecule has 0 radical (unpaired) electrons. The molecule has 0 bridgehead atoms. The van der Waals surface area contributed by atoms with Gasteiger partial charge in [-0.3, -0.25) is 4.79 Å². The minimum Gasteiger partial charge on any atom is -0.398 e. The van der Waals surface area contributed by atoms with Gasteiger partial charge in [0.05, 0.1) is 0 Å². The van der Waals surface area contributed by atoms with Crippen LogP contribution in [-0.2, 0) is 0 Å². The first-order chi connectivity index (χ1) is 12.1. The summed E-state index contributed by atoms with van der Waals surface area (Å²) < 4.78 is 3.27. The van der Waals surface area contributed by atoms with Crippen LogP contribution in [0.25, 0.3) is 0 Å². The second-order valence-electron chi connectivity index (χ2n) is 5.32. The third-order valence-electron chi connectivity index (χ3n) is 3.46. The minimum atomic E-state index is -0.206. The maximum absolute atomic E-state index is 12.3. The number of benzene rings is 3. The van der Waals surface area contributed by atoms with E-state index < -0.39 is 0 Å². The Kier molecular flexibility index (Phi) is 5.53. The summed E-state index contributed by atoms with van der Waals surface area (Å²) in [6.45, 7) is 0. The third-order valence-corrected chi connectivity index (χ3v) is 4.72. The van der Waals surface area contributed by atoms with Crippen LogP contribution in [-0.4, -0.2) is 5.91 Å². The predicted molar refractivity (Wildman–Crippen MR) is 108 cm³/mol. The lowest BCUT2D eigenvalue weighted by molar-refractivity contribution is 0.102. The highest BCUT2D eigenvalue weighted by Crippen LogP contribution is 2.23. The quantitative estimate of drug-likeness (QED) is 0.293. The number of para-hydroxylation sites is 1. The van der Waals surface area contributed by atoms with Crippen molar-refractivity contribution < 1.29 is 4.79 Å². The lowest BCUT2D eigenvalue weighted by Gasteiger charge is -2.08. The molecule has 126 valence electrons. The highest BCUT2D eigenvalue weighted by molar-refractivity contribution is 8.00. The lowest BCUT2D eigenvalue weighted by atomic mass is 10.2. The average molecular weight is 367 g/mol. The first-order valence-electron chi connectivity index (χ1n) is 7.59. The van der Waals surface area contributed by atoms with Gasteiger partial charge in [0.25, 0.3) is 5.91 Å². The molecular formula is C19H17N3OS2. The SMILES string of the molecule is Nc1cc(C(=O)Nc2ccc(SNc3ccccc3)cc2)ccc1S. The van der Waals surface area contributed by atoms with Gasteiger partial charge in [0.1, 0.15) is 0 Å². The fourth-order valence-corrected chi connectivity index (χ4v) is 2.91. The van der Waals surface area contributed by atoms with Crippen molar-refractivity contribution in [1.29, 1.82) is 0 Å². The summed E-state index contributed by atoms with van der Waals surface area (Å²) >= 11 is 5.72. The van der Waals surface area contributed by atoms with Gasteiger partial charge >= 0.3 is 0 Å². The van der Waals surface area contributed by atoms with E-state index in [2.05, 4.69) is 22.7 Å². The van der Waals surface area contributed by atoms with Crippen molar-refractivity contribution >= 4 is 47.5 Å². The fraction of sp³-hybridized carbons (Fsp3) is 0. The molecule has 3 aromatic carbocycles. The van der Waals surface area contributed by atoms with Crippen molar-refractivity contribution in [2.75, 3.05) is 15.8 Å². The zero-order valence-electron chi connectivity index (χ0n) is 13.3. The molecule has 4 nitrogen and oxygen atoms in total. The summed E-state index contributed by atoms with van der Waals surface area (Å²) in [4.78, 5) is 14.0. The molecule has 3 aromatic rings. The topological polar surface area (TPSA) is 67.2 Å². The van der Waals surface area contributed by atoms with Gasteiger partial charge in [-0.15, -0.1) is 12.6 Å². The first kappa shape index (κ1) is 17.3. The van der Waals surface area contributed by atoms with Gasteiger partial charge < -0.3 is 15.8 Å². The molecule has 25 heavy (non-hydrogen) atoms. The second-order valence-corrected chi connectivity index (χ2v) is 6.68. The summed E-state index contributed by atoms with van der Waals surface area (Å²) in [5.41, 5.74) is 8.53. The number of amides is 1. The molecule has 0 fully saturated rings. The molecule has 0 aliphatic carbocycles. The van der Waals surface area contributed by atoms with Gasteiger partial charge in [0.2, 0.25) is 0 Å². The van der Waals surface area contributed by atoms with Crippen LogP contribution in [0.2, 0.25) is 0 Å². The summed E-state index contributed by atoms with van der Waals surface area (Å²) in [5, 5.41) is 2.86. The van der Waals surface area contributed by atoms with Gasteiger partial charge in [0, 0.05) is 32.4 Å². The fourth-order valence-electron chi connectivity index (χ4n) is 2.13. The molecule has 4 N–H and O–H groups in total. The summed E-state index contributed by atoms with van der Waals surface area (Å²) in [7, 11) is 0. The van der Waals surface area contributed by atoms with Gasteiger partial charge in [-0.25, -0.2) is 0 Å². The molecule has 3 rings (SSSR count). The molecule has 0 heterocycles. The monoisotopic (exact) mass is 367 g/mol. The van der Waals surface area contributed by atoms with Crippen LogP contribution >= 0.6 is 24.6 Å². The van der Waals surface area contributed by atoms with Crippen LogP contribution < -0.4 is 15.8 Å². The van der Waals surface area contributed by atoms with Crippen molar-refractivity contribution in [1.82, 2.24) is 0 Å². The van der Waals surface area contributed by atoms with Gasteiger partial charge in [0.15, 0.2) is 0 Å². The second kappa shape index (κ2) is 8.00. The number of carbonyl (C=O) groups is 1. The number of thiol groups is 1. The normalized spacial score (nSPS) is 10.3.